The SMILES string of the molecule is CC(C)c1cc(C(C)C)c(S(=O)(=O)/N=C/c2cccc(F)c2)c(C(C)C)c1. The Kier molecular flexibility index (Phi) is 6.58. The van der Waals surface area contributed by atoms with Crippen LogP contribution < -0.4 is 0 Å². The van der Waals surface area contributed by atoms with Crippen LogP contribution in [0.15, 0.2) is 45.7 Å². The van der Waals surface area contributed by atoms with Crippen LogP contribution >= 0.6 is 0 Å². The Morgan fingerprint density at radius 2 is 1.44 bits per heavy atom. The standard InChI is InChI=1S/C22H28FNO2S/c1-14(2)18-11-20(15(3)4)22(21(12-18)16(5)6)27(25,26)24-13-17-8-7-9-19(23)10-17/h7-16H,1-6H3/b24-13+. The van der Waals surface area contributed by atoms with E-state index in [0.717, 1.165) is 16.7 Å². The largest absolute Gasteiger partial charge is 0.282 e. The summed E-state index contributed by atoms with van der Waals surface area (Å²) in [4.78, 5) is 0.282. The van der Waals surface area contributed by atoms with Crippen molar-refractivity contribution in [3.63, 3.8) is 0 Å². The molecule has 0 saturated heterocycles. The van der Waals surface area contributed by atoms with Crippen molar-refractivity contribution < 1.29 is 12.8 Å². The molecule has 0 N–H and O–H groups in total. The van der Waals surface area contributed by atoms with Gasteiger partial charge in [-0.3, -0.25) is 0 Å². The van der Waals surface area contributed by atoms with Crippen LogP contribution in [-0.2, 0) is 10.0 Å². The molecule has 2 aromatic rings. The van der Waals surface area contributed by atoms with Gasteiger partial charge in [-0.15, -0.1) is 0 Å². The maximum Gasteiger partial charge on any atom is 0.282 e. The van der Waals surface area contributed by atoms with Crippen molar-refractivity contribution >= 4 is 16.2 Å². The van der Waals surface area contributed by atoms with Crippen molar-refractivity contribution in [3.8, 4) is 0 Å². The van der Waals surface area contributed by atoms with Gasteiger partial charge < -0.3 is 0 Å². The summed E-state index contributed by atoms with van der Waals surface area (Å²) in [5, 5.41) is 0. The zero-order valence-electron chi connectivity index (χ0n) is 16.8. The number of halogens is 1. The first-order valence-electron chi connectivity index (χ1n) is 9.26. The molecular formula is C22H28FNO2S. The fourth-order valence-corrected chi connectivity index (χ4v) is 4.51. The molecule has 0 aromatic heterocycles. The van der Waals surface area contributed by atoms with Crippen LogP contribution in [0.1, 0.15) is 81.5 Å². The highest BCUT2D eigenvalue weighted by atomic mass is 32.2. The molecule has 0 radical (unpaired) electrons. The molecule has 0 aliphatic heterocycles. The first-order chi connectivity index (χ1) is 12.5. The second kappa shape index (κ2) is 8.34. The van der Waals surface area contributed by atoms with E-state index in [1.54, 1.807) is 6.07 Å². The fraction of sp³-hybridized carbons (Fsp3) is 0.409. The summed E-state index contributed by atoms with van der Waals surface area (Å²) in [6.45, 7) is 12.1. The minimum absolute atomic E-state index is 0.0374. The second-order valence-corrected chi connectivity index (χ2v) is 9.33. The van der Waals surface area contributed by atoms with Crippen molar-refractivity contribution in [2.45, 2.75) is 64.2 Å². The lowest BCUT2D eigenvalue weighted by Gasteiger charge is -2.21. The Morgan fingerprint density at radius 3 is 1.89 bits per heavy atom. The Labute approximate surface area is 162 Å². The van der Waals surface area contributed by atoms with E-state index < -0.39 is 15.8 Å². The number of hydrogen-bond donors (Lipinski definition) is 0. The lowest BCUT2D eigenvalue weighted by atomic mass is 9.89. The van der Waals surface area contributed by atoms with Gasteiger partial charge >= 0.3 is 0 Å². The number of benzene rings is 2. The van der Waals surface area contributed by atoms with Crippen LogP contribution in [0.3, 0.4) is 0 Å². The monoisotopic (exact) mass is 389 g/mol. The zero-order valence-corrected chi connectivity index (χ0v) is 17.6. The van der Waals surface area contributed by atoms with Crippen molar-refractivity contribution in [1.82, 2.24) is 0 Å². The molecule has 0 aliphatic rings. The Balaban J connectivity index is 2.67. The molecule has 0 unspecified atom stereocenters. The summed E-state index contributed by atoms with van der Waals surface area (Å²) < 4.78 is 43.5. The third-order valence-corrected chi connectivity index (χ3v) is 5.90. The lowest BCUT2D eigenvalue weighted by molar-refractivity contribution is 0.592. The zero-order chi connectivity index (χ0) is 20.4. The average Bonchev–Trinajstić information content (AvgIpc) is 2.58. The highest BCUT2D eigenvalue weighted by Gasteiger charge is 2.26. The predicted molar refractivity (Wildman–Crippen MR) is 110 cm³/mol. The predicted octanol–water partition coefficient (Wildman–Crippen LogP) is 6.00. The van der Waals surface area contributed by atoms with Crippen LogP contribution in [0, 0.1) is 5.82 Å². The summed E-state index contributed by atoms with van der Waals surface area (Å²) in [6, 6.07) is 9.67. The Morgan fingerprint density at radius 1 is 0.889 bits per heavy atom. The van der Waals surface area contributed by atoms with E-state index in [1.807, 2.05) is 39.8 Å². The third-order valence-electron chi connectivity index (χ3n) is 4.53. The van der Waals surface area contributed by atoms with Crippen LogP contribution in [0.2, 0.25) is 0 Å². The molecule has 2 aromatic carbocycles. The molecule has 0 aliphatic carbocycles. The van der Waals surface area contributed by atoms with Gasteiger partial charge in [0.2, 0.25) is 0 Å². The molecule has 0 atom stereocenters. The van der Waals surface area contributed by atoms with E-state index in [-0.39, 0.29) is 16.7 Å². The van der Waals surface area contributed by atoms with Crippen LogP contribution in [-0.4, -0.2) is 14.6 Å². The van der Waals surface area contributed by atoms with Crippen molar-refractivity contribution in [1.29, 1.82) is 0 Å². The quantitative estimate of drug-likeness (QED) is 0.569. The number of sulfonamides is 1. The Bertz CT molecular complexity index is 916. The van der Waals surface area contributed by atoms with Crippen molar-refractivity contribution in [3.05, 3.63) is 64.5 Å². The summed E-state index contributed by atoms with van der Waals surface area (Å²) in [6.07, 6.45) is 1.21. The van der Waals surface area contributed by atoms with Gasteiger partial charge in [-0.2, -0.15) is 12.8 Å². The van der Waals surface area contributed by atoms with Gasteiger partial charge in [-0.25, -0.2) is 4.39 Å². The molecule has 0 heterocycles. The highest BCUT2D eigenvalue weighted by Crippen LogP contribution is 2.35. The van der Waals surface area contributed by atoms with Gasteiger partial charge in [0.1, 0.15) is 5.82 Å². The molecule has 0 fully saturated rings. The minimum atomic E-state index is -3.92. The van der Waals surface area contributed by atoms with Gasteiger partial charge in [-0.05, 0) is 52.1 Å². The van der Waals surface area contributed by atoms with Crippen molar-refractivity contribution in [2.75, 3.05) is 0 Å². The van der Waals surface area contributed by atoms with Gasteiger partial charge in [0.05, 0.1) is 4.90 Å². The molecular weight excluding hydrogens is 361 g/mol. The summed E-state index contributed by atoms with van der Waals surface area (Å²) in [5.41, 5.74) is 3.09. The van der Waals surface area contributed by atoms with Gasteiger partial charge in [0.25, 0.3) is 10.0 Å². The third kappa shape index (κ3) is 5.04. The molecule has 2 rings (SSSR count). The second-order valence-electron chi connectivity index (χ2n) is 7.76. The number of nitrogens with zero attached hydrogens (tertiary/aromatic N) is 1. The topological polar surface area (TPSA) is 46.5 Å². The molecule has 27 heavy (non-hydrogen) atoms. The van der Waals surface area contributed by atoms with Crippen LogP contribution in [0.5, 0.6) is 0 Å². The molecule has 0 bridgehead atoms. The first-order valence-corrected chi connectivity index (χ1v) is 10.7. The normalized spacial score (nSPS) is 12.7. The Hall–Kier alpha value is -2.01. The van der Waals surface area contributed by atoms with Gasteiger partial charge in [0, 0.05) is 6.21 Å². The smallest absolute Gasteiger partial charge is 0.207 e. The van der Waals surface area contributed by atoms with E-state index in [4.69, 9.17) is 0 Å². The molecule has 3 nitrogen and oxygen atoms in total. The number of hydrogen-bond acceptors (Lipinski definition) is 2. The van der Waals surface area contributed by atoms with Crippen LogP contribution in [0.25, 0.3) is 0 Å². The van der Waals surface area contributed by atoms with Gasteiger partial charge in [-0.1, -0.05) is 65.8 Å². The van der Waals surface area contributed by atoms with E-state index >= 15 is 0 Å². The van der Waals surface area contributed by atoms with E-state index in [0.29, 0.717) is 11.5 Å². The van der Waals surface area contributed by atoms with Gasteiger partial charge in [0.15, 0.2) is 0 Å². The highest BCUT2D eigenvalue weighted by molar-refractivity contribution is 7.90. The maximum atomic E-state index is 13.4. The minimum Gasteiger partial charge on any atom is -0.207 e. The molecule has 146 valence electrons. The fourth-order valence-electron chi connectivity index (χ4n) is 2.96. The molecule has 5 heteroatoms. The van der Waals surface area contributed by atoms with E-state index in [2.05, 4.69) is 18.2 Å². The molecule has 0 amide bonds. The van der Waals surface area contributed by atoms with E-state index in [1.165, 1.54) is 24.4 Å². The van der Waals surface area contributed by atoms with Crippen molar-refractivity contribution in [2.24, 2.45) is 4.40 Å². The molecule has 0 spiro atoms. The summed E-state index contributed by atoms with van der Waals surface area (Å²) >= 11 is 0. The average molecular weight is 390 g/mol. The van der Waals surface area contributed by atoms with Crippen LogP contribution in [0.4, 0.5) is 4.39 Å². The lowest BCUT2D eigenvalue weighted by Crippen LogP contribution is -2.11. The first kappa shape index (κ1) is 21.3. The maximum absolute atomic E-state index is 13.4. The summed E-state index contributed by atoms with van der Waals surface area (Å²) in [7, 11) is -3.92. The van der Waals surface area contributed by atoms with E-state index in [9.17, 15) is 12.8 Å². The molecule has 0 saturated carbocycles. The number of rotatable bonds is 6. The summed E-state index contributed by atoms with van der Waals surface area (Å²) in [5.74, 6) is -0.0541.